The van der Waals surface area contributed by atoms with Crippen molar-refractivity contribution in [2.45, 2.75) is 6.54 Å². The highest BCUT2D eigenvalue weighted by Crippen LogP contribution is 2.27. The zero-order chi connectivity index (χ0) is 21.1. The van der Waals surface area contributed by atoms with Gasteiger partial charge < -0.3 is 10.1 Å². The summed E-state index contributed by atoms with van der Waals surface area (Å²) in [5, 5.41) is 3.93. The predicted molar refractivity (Wildman–Crippen MR) is 118 cm³/mol. The first kappa shape index (κ1) is 19.7. The molecule has 7 heteroatoms. The van der Waals surface area contributed by atoms with Gasteiger partial charge in [-0.3, -0.25) is 9.36 Å². The van der Waals surface area contributed by atoms with Gasteiger partial charge in [-0.05, 0) is 24.3 Å². The zero-order valence-corrected chi connectivity index (χ0v) is 16.9. The summed E-state index contributed by atoms with van der Waals surface area (Å²) in [6.45, 7) is -0.176. The first-order valence-electron chi connectivity index (χ1n) is 9.25. The van der Waals surface area contributed by atoms with E-state index in [1.165, 1.54) is 11.7 Å². The fraction of sp³-hybridized carbons (Fsp3) is 0.0870. The molecule has 0 unspecified atom stereocenters. The van der Waals surface area contributed by atoms with Crippen molar-refractivity contribution in [3.63, 3.8) is 0 Å². The van der Waals surface area contributed by atoms with Crippen LogP contribution in [0.25, 0.3) is 22.2 Å². The lowest BCUT2D eigenvalue weighted by molar-refractivity contribution is -0.116. The Morgan fingerprint density at radius 1 is 1.07 bits per heavy atom. The molecule has 6 nitrogen and oxygen atoms in total. The lowest BCUT2D eigenvalue weighted by Crippen LogP contribution is -2.30. The molecule has 4 aromatic rings. The number of benzene rings is 3. The quantitative estimate of drug-likeness (QED) is 0.521. The highest BCUT2D eigenvalue weighted by atomic mass is 35.5. The summed E-state index contributed by atoms with van der Waals surface area (Å²) in [5.74, 6) is 0.148. The molecule has 4 rings (SSSR count). The third-order valence-corrected chi connectivity index (χ3v) is 4.97. The summed E-state index contributed by atoms with van der Waals surface area (Å²) in [5.41, 5.74) is 2.09. The van der Waals surface area contributed by atoms with E-state index in [0.29, 0.717) is 27.7 Å². The highest BCUT2D eigenvalue weighted by molar-refractivity contribution is 6.32. The minimum absolute atomic E-state index is 0.176. The number of carbonyl (C=O) groups excluding carboxylic acids is 1. The standard InChI is InChI=1S/C23H18ClN3O3/c1-30-20-12-11-16(13-18(20)24)25-21(28)14-27-19-10-6-5-9-17(19)22(26-23(27)29)15-7-3-2-4-8-15/h2-13H,14H2,1H3,(H,25,28). The Hall–Kier alpha value is -3.64. The van der Waals surface area contributed by atoms with Gasteiger partial charge in [0.15, 0.2) is 0 Å². The second-order valence-corrected chi connectivity index (χ2v) is 7.02. The number of methoxy groups -OCH3 is 1. The number of carbonyl (C=O) groups is 1. The number of ether oxygens (including phenoxy) is 1. The van der Waals surface area contributed by atoms with E-state index >= 15 is 0 Å². The van der Waals surface area contributed by atoms with Crippen LogP contribution in [0.4, 0.5) is 5.69 Å². The third-order valence-electron chi connectivity index (χ3n) is 4.67. The van der Waals surface area contributed by atoms with E-state index in [0.717, 1.165) is 10.9 Å². The van der Waals surface area contributed by atoms with Crippen LogP contribution in [0.1, 0.15) is 0 Å². The molecule has 1 heterocycles. The number of fused-ring (bicyclic) bond motifs is 1. The average Bonchev–Trinajstić information content (AvgIpc) is 2.76. The van der Waals surface area contributed by atoms with Crippen molar-refractivity contribution in [2.75, 3.05) is 12.4 Å². The maximum absolute atomic E-state index is 12.8. The molecule has 0 aliphatic heterocycles. The number of para-hydroxylation sites is 1. The van der Waals surface area contributed by atoms with Crippen molar-refractivity contribution < 1.29 is 9.53 Å². The second-order valence-electron chi connectivity index (χ2n) is 6.61. The molecule has 0 fully saturated rings. The summed E-state index contributed by atoms with van der Waals surface area (Å²) in [4.78, 5) is 29.7. The van der Waals surface area contributed by atoms with Crippen molar-refractivity contribution in [1.29, 1.82) is 0 Å². The van der Waals surface area contributed by atoms with Crippen LogP contribution in [0.5, 0.6) is 5.75 Å². The van der Waals surface area contributed by atoms with Crippen molar-refractivity contribution >= 4 is 34.1 Å². The van der Waals surface area contributed by atoms with Gasteiger partial charge in [0.05, 0.1) is 23.3 Å². The molecule has 1 aromatic heterocycles. The van der Waals surface area contributed by atoms with Gasteiger partial charge in [-0.1, -0.05) is 60.1 Å². The van der Waals surface area contributed by atoms with E-state index < -0.39 is 5.69 Å². The minimum Gasteiger partial charge on any atom is -0.495 e. The maximum Gasteiger partial charge on any atom is 0.349 e. The van der Waals surface area contributed by atoms with Crippen molar-refractivity contribution in [2.24, 2.45) is 0 Å². The van der Waals surface area contributed by atoms with Gasteiger partial charge in [0.1, 0.15) is 12.3 Å². The van der Waals surface area contributed by atoms with Crippen LogP contribution in [-0.2, 0) is 11.3 Å². The molecule has 0 bridgehead atoms. The Balaban J connectivity index is 1.68. The molecular weight excluding hydrogens is 402 g/mol. The number of aromatic nitrogens is 2. The van der Waals surface area contributed by atoms with Crippen LogP contribution in [0, 0.1) is 0 Å². The fourth-order valence-electron chi connectivity index (χ4n) is 3.29. The predicted octanol–water partition coefficient (Wildman–Crippen LogP) is 4.36. The zero-order valence-electron chi connectivity index (χ0n) is 16.1. The van der Waals surface area contributed by atoms with Crippen LogP contribution in [-0.4, -0.2) is 22.6 Å². The number of nitrogens with one attached hydrogen (secondary N) is 1. The summed E-state index contributed by atoms with van der Waals surface area (Å²) in [6.07, 6.45) is 0. The Bertz CT molecular complexity index is 1290. The molecule has 0 spiro atoms. The van der Waals surface area contributed by atoms with Gasteiger partial charge in [-0.15, -0.1) is 0 Å². The first-order chi connectivity index (χ1) is 14.6. The van der Waals surface area contributed by atoms with Crippen LogP contribution in [0.15, 0.2) is 77.6 Å². The lowest BCUT2D eigenvalue weighted by atomic mass is 10.1. The molecule has 0 saturated heterocycles. The molecular formula is C23H18ClN3O3. The molecule has 30 heavy (non-hydrogen) atoms. The topological polar surface area (TPSA) is 73.2 Å². The SMILES string of the molecule is COc1ccc(NC(=O)Cn2c(=O)nc(-c3ccccc3)c3ccccc32)cc1Cl. The Kier molecular flexibility index (Phi) is 5.50. The van der Waals surface area contributed by atoms with Gasteiger partial charge in [-0.2, -0.15) is 4.98 Å². The van der Waals surface area contributed by atoms with E-state index in [-0.39, 0.29) is 12.5 Å². The molecule has 0 aliphatic carbocycles. The van der Waals surface area contributed by atoms with Crippen LogP contribution >= 0.6 is 11.6 Å². The first-order valence-corrected chi connectivity index (χ1v) is 9.63. The van der Waals surface area contributed by atoms with Crippen molar-refractivity contribution in [3.8, 4) is 17.0 Å². The van der Waals surface area contributed by atoms with Crippen LogP contribution in [0.3, 0.4) is 0 Å². The number of nitrogens with zero attached hydrogens (tertiary/aromatic N) is 2. The molecule has 1 N–H and O–H groups in total. The maximum atomic E-state index is 12.8. The van der Waals surface area contributed by atoms with Crippen LogP contribution < -0.4 is 15.7 Å². The van der Waals surface area contributed by atoms with Gasteiger partial charge in [0.25, 0.3) is 0 Å². The minimum atomic E-state index is -0.490. The number of anilines is 1. The molecule has 0 atom stereocenters. The molecule has 0 radical (unpaired) electrons. The molecule has 0 aliphatic rings. The van der Waals surface area contributed by atoms with Gasteiger partial charge in [-0.25, -0.2) is 4.79 Å². The number of halogens is 1. The Labute approximate surface area is 177 Å². The summed E-state index contributed by atoms with van der Waals surface area (Å²) >= 11 is 6.11. The Morgan fingerprint density at radius 3 is 2.53 bits per heavy atom. The van der Waals surface area contributed by atoms with Gasteiger partial charge >= 0.3 is 5.69 Å². The highest BCUT2D eigenvalue weighted by Gasteiger charge is 2.14. The van der Waals surface area contributed by atoms with Crippen molar-refractivity contribution in [1.82, 2.24) is 9.55 Å². The van der Waals surface area contributed by atoms with E-state index in [2.05, 4.69) is 10.3 Å². The molecule has 1 amide bonds. The smallest absolute Gasteiger partial charge is 0.349 e. The van der Waals surface area contributed by atoms with E-state index in [1.807, 2.05) is 54.6 Å². The van der Waals surface area contributed by atoms with Crippen LogP contribution in [0.2, 0.25) is 5.02 Å². The fourth-order valence-corrected chi connectivity index (χ4v) is 3.54. The monoisotopic (exact) mass is 419 g/mol. The normalized spacial score (nSPS) is 10.7. The van der Waals surface area contributed by atoms with Gasteiger partial charge in [0.2, 0.25) is 5.91 Å². The summed E-state index contributed by atoms with van der Waals surface area (Å²) < 4.78 is 6.48. The summed E-state index contributed by atoms with van der Waals surface area (Å²) in [6, 6.07) is 21.8. The number of hydrogen-bond donors (Lipinski definition) is 1. The molecule has 0 saturated carbocycles. The lowest BCUT2D eigenvalue weighted by Gasteiger charge is -2.13. The third kappa shape index (κ3) is 3.90. The Morgan fingerprint density at radius 2 is 1.80 bits per heavy atom. The van der Waals surface area contributed by atoms with Gasteiger partial charge in [0, 0.05) is 16.6 Å². The number of rotatable bonds is 5. The average molecular weight is 420 g/mol. The van der Waals surface area contributed by atoms with E-state index in [4.69, 9.17) is 16.3 Å². The second kappa shape index (κ2) is 8.39. The molecule has 3 aromatic carbocycles. The molecule has 150 valence electrons. The van der Waals surface area contributed by atoms with E-state index in [1.54, 1.807) is 18.2 Å². The summed E-state index contributed by atoms with van der Waals surface area (Å²) in [7, 11) is 1.52. The number of hydrogen-bond acceptors (Lipinski definition) is 4. The van der Waals surface area contributed by atoms with Crippen molar-refractivity contribution in [3.05, 3.63) is 88.3 Å². The van der Waals surface area contributed by atoms with E-state index in [9.17, 15) is 9.59 Å². The largest absolute Gasteiger partial charge is 0.495 e. The number of amides is 1.